The number of furan rings is 1. The van der Waals surface area contributed by atoms with Gasteiger partial charge in [0, 0.05) is 5.38 Å². The summed E-state index contributed by atoms with van der Waals surface area (Å²) >= 11 is 1.30. The number of amides is 1. The van der Waals surface area contributed by atoms with Crippen molar-refractivity contribution in [2.24, 2.45) is 5.73 Å². The number of primary amides is 1. The number of nitrogens with zero attached hydrogens (tertiary/aromatic N) is 1. The molecule has 8 heteroatoms. The minimum atomic E-state index is -0.562. The first kappa shape index (κ1) is 16.7. The standard InChI is InChI=1S/C17H14N2O5S/c18-15(20)9-23-12-4-1-3-11(7-12)8-24-17(21)13-10-25-16(19-13)14-5-2-6-22-14/h1-7,10H,8-9H2,(H2,18,20). The van der Waals surface area contributed by atoms with Crippen molar-refractivity contribution in [1.29, 1.82) is 0 Å². The van der Waals surface area contributed by atoms with Crippen LogP contribution in [0.4, 0.5) is 0 Å². The van der Waals surface area contributed by atoms with E-state index in [2.05, 4.69) is 4.98 Å². The van der Waals surface area contributed by atoms with E-state index in [1.807, 2.05) is 0 Å². The van der Waals surface area contributed by atoms with Crippen LogP contribution in [-0.2, 0) is 16.1 Å². The molecule has 0 aliphatic heterocycles. The van der Waals surface area contributed by atoms with Crippen LogP contribution in [0, 0.1) is 0 Å². The third-order valence-corrected chi connectivity index (χ3v) is 3.95. The molecule has 7 nitrogen and oxygen atoms in total. The molecule has 3 aromatic rings. The monoisotopic (exact) mass is 358 g/mol. The summed E-state index contributed by atoms with van der Waals surface area (Å²) in [5.74, 6) is -0.0188. The average Bonchev–Trinajstić information content (AvgIpc) is 3.29. The Labute approximate surface area is 147 Å². The van der Waals surface area contributed by atoms with Crippen LogP contribution in [0.25, 0.3) is 10.8 Å². The highest BCUT2D eigenvalue weighted by Crippen LogP contribution is 2.24. The van der Waals surface area contributed by atoms with Crippen LogP contribution in [0.3, 0.4) is 0 Å². The lowest BCUT2D eigenvalue weighted by atomic mass is 10.2. The molecule has 0 aliphatic carbocycles. The van der Waals surface area contributed by atoms with Gasteiger partial charge in [-0.15, -0.1) is 11.3 Å². The smallest absolute Gasteiger partial charge is 0.358 e. The third kappa shape index (κ3) is 4.45. The van der Waals surface area contributed by atoms with Gasteiger partial charge >= 0.3 is 5.97 Å². The molecule has 128 valence electrons. The quantitative estimate of drug-likeness (QED) is 0.651. The maximum atomic E-state index is 12.1. The molecule has 0 spiro atoms. The molecular weight excluding hydrogens is 344 g/mol. The van der Waals surface area contributed by atoms with Crippen LogP contribution in [0.1, 0.15) is 16.1 Å². The minimum absolute atomic E-state index is 0.0558. The van der Waals surface area contributed by atoms with Crippen LogP contribution in [0.5, 0.6) is 5.75 Å². The number of hydrogen-bond acceptors (Lipinski definition) is 7. The zero-order chi connectivity index (χ0) is 17.6. The van der Waals surface area contributed by atoms with Gasteiger partial charge in [-0.25, -0.2) is 9.78 Å². The van der Waals surface area contributed by atoms with Crippen molar-refractivity contribution < 1.29 is 23.5 Å². The molecule has 0 aliphatic rings. The molecule has 3 rings (SSSR count). The number of hydrogen-bond donors (Lipinski definition) is 1. The Morgan fingerprint density at radius 2 is 2.12 bits per heavy atom. The molecule has 25 heavy (non-hydrogen) atoms. The molecule has 0 saturated heterocycles. The summed E-state index contributed by atoms with van der Waals surface area (Å²) in [6.07, 6.45) is 1.54. The van der Waals surface area contributed by atoms with Crippen molar-refractivity contribution in [1.82, 2.24) is 4.98 Å². The predicted octanol–water partition coefficient (Wildman–Crippen LogP) is 2.62. The van der Waals surface area contributed by atoms with E-state index in [-0.39, 0.29) is 18.9 Å². The second-order valence-electron chi connectivity index (χ2n) is 4.99. The van der Waals surface area contributed by atoms with Crippen LogP contribution in [0.15, 0.2) is 52.5 Å². The molecule has 2 heterocycles. The Hall–Kier alpha value is -3.13. The van der Waals surface area contributed by atoms with Gasteiger partial charge in [-0.3, -0.25) is 4.79 Å². The van der Waals surface area contributed by atoms with E-state index < -0.39 is 11.9 Å². The molecular formula is C17H14N2O5S. The average molecular weight is 358 g/mol. The number of thiazole rings is 1. The second kappa shape index (κ2) is 7.63. The van der Waals surface area contributed by atoms with Gasteiger partial charge in [-0.2, -0.15) is 0 Å². The van der Waals surface area contributed by atoms with Crippen LogP contribution in [-0.4, -0.2) is 23.5 Å². The maximum Gasteiger partial charge on any atom is 0.358 e. The largest absolute Gasteiger partial charge is 0.484 e. The topological polar surface area (TPSA) is 105 Å². The molecule has 2 N–H and O–H groups in total. The summed E-state index contributed by atoms with van der Waals surface area (Å²) in [6.45, 7) is -0.155. The van der Waals surface area contributed by atoms with E-state index >= 15 is 0 Å². The van der Waals surface area contributed by atoms with Crippen LogP contribution < -0.4 is 10.5 Å². The second-order valence-corrected chi connectivity index (χ2v) is 5.85. The fraction of sp³-hybridized carbons (Fsp3) is 0.118. The van der Waals surface area contributed by atoms with Crippen LogP contribution in [0.2, 0.25) is 0 Å². The summed E-state index contributed by atoms with van der Waals surface area (Å²) in [5.41, 5.74) is 5.97. The Morgan fingerprint density at radius 1 is 1.24 bits per heavy atom. The molecule has 1 amide bonds. The Morgan fingerprint density at radius 3 is 2.88 bits per heavy atom. The summed E-state index contributed by atoms with van der Waals surface area (Å²) in [4.78, 5) is 27.0. The molecule has 0 radical (unpaired) electrons. The first-order valence-corrected chi connectivity index (χ1v) is 8.16. The van der Waals surface area contributed by atoms with E-state index in [0.717, 1.165) is 5.56 Å². The number of aromatic nitrogens is 1. The van der Waals surface area contributed by atoms with Crippen molar-refractivity contribution in [2.45, 2.75) is 6.61 Å². The number of esters is 1. The van der Waals surface area contributed by atoms with Gasteiger partial charge in [0.05, 0.1) is 6.26 Å². The number of carbonyl (C=O) groups is 2. The van der Waals surface area contributed by atoms with Crippen molar-refractivity contribution >= 4 is 23.2 Å². The number of carbonyl (C=O) groups excluding carboxylic acids is 2. The fourth-order valence-corrected chi connectivity index (χ4v) is 2.74. The first-order valence-electron chi connectivity index (χ1n) is 7.28. The number of nitrogens with two attached hydrogens (primary N) is 1. The van der Waals surface area contributed by atoms with Gasteiger partial charge in [0.2, 0.25) is 0 Å². The molecule has 0 saturated carbocycles. The van der Waals surface area contributed by atoms with E-state index in [9.17, 15) is 9.59 Å². The summed E-state index contributed by atoms with van der Waals surface area (Å²) in [5, 5.41) is 2.23. The SMILES string of the molecule is NC(=O)COc1cccc(COC(=O)c2csc(-c3ccco3)n2)c1. The Bertz CT molecular complexity index is 873. The number of benzene rings is 1. The van der Waals surface area contributed by atoms with Crippen molar-refractivity contribution in [3.63, 3.8) is 0 Å². The summed E-state index contributed by atoms with van der Waals surface area (Å²) < 4.78 is 15.7. The van der Waals surface area contributed by atoms with Crippen molar-refractivity contribution in [3.8, 4) is 16.5 Å². The van der Waals surface area contributed by atoms with Gasteiger partial charge in [-0.1, -0.05) is 12.1 Å². The minimum Gasteiger partial charge on any atom is -0.484 e. The third-order valence-electron chi connectivity index (χ3n) is 3.09. The van der Waals surface area contributed by atoms with Gasteiger partial charge < -0.3 is 19.6 Å². The maximum absolute atomic E-state index is 12.1. The highest BCUT2D eigenvalue weighted by molar-refractivity contribution is 7.13. The molecule has 2 aromatic heterocycles. The van der Waals surface area contributed by atoms with Gasteiger partial charge in [0.25, 0.3) is 5.91 Å². The van der Waals surface area contributed by atoms with E-state index in [4.69, 9.17) is 19.6 Å². The van der Waals surface area contributed by atoms with E-state index in [1.54, 1.807) is 48.0 Å². The lowest BCUT2D eigenvalue weighted by molar-refractivity contribution is -0.119. The molecule has 0 fully saturated rings. The normalized spacial score (nSPS) is 10.4. The van der Waals surface area contributed by atoms with E-state index in [1.165, 1.54) is 11.3 Å². The van der Waals surface area contributed by atoms with Gasteiger partial charge in [0.15, 0.2) is 23.1 Å². The first-order chi connectivity index (χ1) is 12.1. The number of ether oxygens (including phenoxy) is 2. The lowest BCUT2D eigenvalue weighted by Crippen LogP contribution is -2.20. The number of rotatable bonds is 7. The Kier molecular flexibility index (Phi) is 5.10. The Balaban J connectivity index is 1.59. The highest BCUT2D eigenvalue weighted by atomic mass is 32.1. The van der Waals surface area contributed by atoms with Gasteiger partial charge in [0.1, 0.15) is 12.4 Å². The predicted molar refractivity (Wildman–Crippen MR) is 90.1 cm³/mol. The van der Waals surface area contributed by atoms with E-state index in [0.29, 0.717) is 16.5 Å². The summed E-state index contributed by atoms with van der Waals surface area (Å²) in [6, 6.07) is 10.4. The van der Waals surface area contributed by atoms with Crippen LogP contribution >= 0.6 is 11.3 Å². The molecule has 0 bridgehead atoms. The highest BCUT2D eigenvalue weighted by Gasteiger charge is 2.14. The van der Waals surface area contributed by atoms with Crippen molar-refractivity contribution in [2.75, 3.05) is 6.61 Å². The fourth-order valence-electron chi connectivity index (χ4n) is 1.98. The van der Waals surface area contributed by atoms with Gasteiger partial charge in [-0.05, 0) is 29.8 Å². The lowest BCUT2D eigenvalue weighted by Gasteiger charge is -2.07. The molecule has 1 aromatic carbocycles. The molecule has 0 unspecified atom stereocenters. The zero-order valence-corrected chi connectivity index (χ0v) is 13.8. The zero-order valence-electron chi connectivity index (χ0n) is 13.0. The summed E-state index contributed by atoms with van der Waals surface area (Å²) in [7, 11) is 0. The van der Waals surface area contributed by atoms with Crippen molar-refractivity contribution in [3.05, 3.63) is 59.3 Å². The molecule has 0 atom stereocenters.